The summed E-state index contributed by atoms with van der Waals surface area (Å²) >= 11 is 3.60. The number of aliphatic hydroxyl groups is 1. The van der Waals surface area contributed by atoms with Gasteiger partial charge in [0.15, 0.2) is 0 Å². The van der Waals surface area contributed by atoms with Crippen molar-refractivity contribution in [1.29, 1.82) is 0 Å². The van der Waals surface area contributed by atoms with Gasteiger partial charge in [0.05, 0.1) is 0 Å². The lowest BCUT2D eigenvalue weighted by molar-refractivity contribution is 0.254. The van der Waals surface area contributed by atoms with Crippen LogP contribution in [0.25, 0.3) is 0 Å². The summed E-state index contributed by atoms with van der Waals surface area (Å²) in [5, 5.41) is 12.5. The third-order valence-corrected chi connectivity index (χ3v) is 4.47. The van der Waals surface area contributed by atoms with Crippen LogP contribution in [0.3, 0.4) is 0 Å². The Morgan fingerprint density at radius 1 is 1.50 bits per heavy atom. The minimum Gasteiger partial charge on any atom is -0.396 e. The van der Waals surface area contributed by atoms with Crippen LogP contribution in [-0.2, 0) is 0 Å². The van der Waals surface area contributed by atoms with Crippen LogP contribution in [0.15, 0.2) is 22.7 Å². The fraction of sp³-hybridized carbons (Fsp3) is 0.571. The number of hydrogen-bond acceptors (Lipinski definition) is 3. The molecule has 0 radical (unpaired) electrons. The number of nitrogens with zero attached hydrogens (tertiary/aromatic N) is 1. The number of aryl methyl sites for hydroxylation is 1. The number of aliphatic hydroxyl groups excluding tert-OH is 1. The molecule has 1 aromatic rings. The maximum atomic E-state index is 9.06. The summed E-state index contributed by atoms with van der Waals surface area (Å²) in [7, 11) is 0. The summed E-state index contributed by atoms with van der Waals surface area (Å²) in [6.07, 6.45) is 0.816. The topological polar surface area (TPSA) is 35.5 Å². The highest BCUT2D eigenvalue weighted by molar-refractivity contribution is 9.10. The zero-order chi connectivity index (χ0) is 13.1. The van der Waals surface area contributed by atoms with E-state index in [-0.39, 0.29) is 6.61 Å². The molecule has 4 heteroatoms. The fourth-order valence-corrected chi connectivity index (χ4v) is 2.77. The van der Waals surface area contributed by atoms with Crippen molar-refractivity contribution >= 4 is 21.6 Å². The summed E-state index contributed by atoms with van der Waals surface area (Å²) in [5.41, 5.74) is 2.51. The van der Waals surface area contributed by atoms with Gasteiger partial charge < -0.3 is 15.3 Å². The Bertz CT molecular complexity index is 411. The molecule has 0 aliphatic carbocycles. The van der Waals surface area contributed by atoms with Gasteiger partial charge in [-0.15, -0.1) is 0 Å². The number of rotatable bonds is 3. The minimum absolute atomic E-state index is 0.247. The Hall–Kier alpha value is -0.580. The van der Waals surface area contributed by atoms with Gasteiger partial charge in [0.25, 0.3) is 0 Å². The minimum atomic E-state index is 0.247. The van der Waals surface area contributed by atoms with E-state index in [4.69, 9.17) is 5.11 Å². The first-order valence-electron chi connectivity index (χ1n) is 6.49. The maximum Gasteiger partial charge on any atom is 0.0446 e. The average molecular weight is 313 g/mol. The van der Waals surface area contributed by atoms with Crippen molar-refractivity contribution in [2.45, 2.75) is 32.4 Å². The highest BCUT2D eigenvalue weighted by Gasteiger charge is 2.24. The average Bonchev–Trinajstić information content (AvgIpc) is 2.35. The molecule has 3 nitrogen and oxygen atoms in total. The van der Waals surface area contributed by atoms with Crippen LogP contribution in [0.4, 0.5) is 5.69 Å². The van der Waals surface area contributed by atoms with Gasteiger partial charge in [-0.1, -0.05) is 22.0 Å². The molecule has 1 fully saturated rings. The number of piperazine rings is 1. The van der Waals surface area contributed by atoms with E-state index in [1.165, 1.54) is 11.3 Å². The van der Waals surface area contributed by atoms with Crippen LogP contribution in [0.5, 0.6) is 0 Å². The first-order valence-corrected chi connectivity index (χ1v) is 7.28. The number of nitrogens with one attached hydrogen (secondary N) is 1. The zero-order valence-electron chi connectivity index (χ0n) is 11.0. The second-order valence-corrected chi connectivity index (χ2v) is 5.91. The van der Waals surface area contributed by atoms with E-state index in [9.17, 15) is 0 Å². The lowest BCUT2D eigenvalue weighted by Gasteiger charge is -2.40. The third-order valence-electron chi connectivity index (χ3n) is 3.62. The second kappa shape index (κ2) is 6.04. The first kappa shape index (κ1) is 13.8. The van der Waals surface area contributed by atoms with Crippen molar-refractivity contribution in [3.63, 3.8) is 0 Å². The van der Waals surface area contributed by atoms with Gasteiger partial charge in [-0.25, -0.2) is 0 Å². The molecule has 0 aromatic heterocycles. The Morgan fingerprint density at radius 3 is 2.94 bits per heavy atom. The van der Waals surface area contributed by atoms with E-state index in [1.807, 2.05) is 0 Å². The number of anilines is 1. The van der Waals surface area contributed by atoms with E-state index in [0.717, 1.165) is 24.0 Å². The molecule has 2 rings (SSSR count). The molecule has 2 N–H and O–H groups in total. The van der Waals surface area contributed by atoms with Gasteiger partial charge in [0.2, 0.25) is 0 Å². The molecule has 1 aliphatic rings. The number of halogens is 1. The Kier molecular flexibility index (Phi) is 4.65. The number of benzene rings is 1. The van der Waals surface area contributed by atoms with Gasteiger partial charge in [0.1, 0.15) is 0 Å². The maximum absolute atomic E-state index is 9.06. The zero-order valence-corrected chi connectivity index (χ0v) is 12.6. The van der Waals surface area contributed by atoms with Gasteiger partial charge in [0, 0.05) is 41.9 Å². The first-order chi connectivity index (χ1) is 8.61. The summed E-state index contributed by atoms with van der Waals surface area (Å²) in [6.45, 7) is 6.50. The molecule has 0 saturated carbocycles. The predicted molar refractivity (Wildman–Crippen MR) is 79.2 cm³/mol. The standard InChI is InChI=1S/C14H21BrN2O/c1-10-3-4-13(7-14(10)15)17-9-12(5-6-18)16-8-11(17)2/h3-4,7,11-12,16,18H,5-6,8-9H2,1-2H3. The molecule has 2 unspecified atom stereocenters. The van der Waals surface area contributed by atoms with Gasteiger partial charge in [-0.05, 0) is 38.0 Å². The molecule has 1 saturated heterocycles. The van der Waals surface area contributed by atoms with Gasteiger partial charge in [-0.2, -0.15) is 0 Å². The van der Waals surface area contributed by atoms with Crippen molar-refractivity contribution < 1.29 is 5.11 Å². The molecule has 100 valence electrons. The molecule has 1 heterocycles. The van der Waals surface area contributed by atoms with Gasteiger partial charge >= 0.3 is 0 Å². The van der Waals surface area contributed by atoms with Crippen LogP contribution in [0.2, 0.25) is 0 Å². The Labute approximate surface area is 117 Å². The quantitative estimate of drug-likeness (QED) is 0.899. The lowest BCUT2D eigenvalue weighted by Crippen LogP contribution is -2.55. The van der Waals surface area contributed by atoms with Crippen molar-refractivity contribution in [3.8, 4) is 0 Å². The molecule has 0 bridgehead atoms. The van der Waals surface area contributed by atoms with Crippen LogP contribution in [0, 0.1) is 6.92 Å². The molecule has 2 atom stereocenters. The second-order valence-electron chi connectivity index (χ2n) is 5.05. The monoisotopic (exact) mass is 312 g/mol. The lowest BCUT2D eigenvalue weighted by atomic mass is 10.1. The van der Waals surface area contributed by atoms with E-state index >= 15 is 0 Å². The predicted octanol–water partition coefficient (Wildman–Crippen LogP) is 2.31. The summed E-state index contributed by atoms with van der Waals surface area (Å²) < 4.78 is 1.16. The van der Waals surface area contributed by atoms with E-state index < -0.39 is 0 Å². The van der Waals surface area contributed by atoms with Crippen LogP contribution >= 0.6 is 15.9 Å². The van der Waals surface area contributed by atoms with Crippen molar-refractivity contribution in [2.24, 2.45) is 0 Å². The molecule has 1 aliphatic heterocycles. The normalized spacial score (nSPS) is 24.3. The summed E-state index contributed by atoms with van der Waals surface area (Å²) in [4.78, 5) is 2.42. The molecule has 0 spiro atoms. The Morgan fingerprint density at radius 2 is 2.28 bits per heavy atom. The van der Waals surface area contributed by atoms with Crippen LogP contribution < -0.4 is 10.2 Å². The van der Waals surface area contributed by atoms with Gasteiger partial charge in [-0.3, -0.25) is 0 Å². The SMILES string of the molecule is Cc1ccc(N2CC(CCO)NCC2C)cc1Br. The smallest absolute Gasteiger partial charge is 0.0446 e. The third kappa shape index (κ3) is 3.05. The molecular weight excluding hydrogens is 292 g/mol. The van der Waals surface area contributed by atoms with E-state index in [1.54, 1.807) is 0 Å². The molecule has 1 aromatic carbocycles. The summed E-state index contributed by atoms with van der Waals surface area (Å²) in [5.74, 6) is 0. The highest BCUT2D eigenvalue weighted by atomic mass is 79.9. The Balaban J connectivity index is 2.16. The van der Waals surface area contributed by atoms with E-state index in [2.05, 4.69) is 58.2 Å². The number of hydrogen-bond donors (Lipinski definition) is 2. The van der Waals surface area contributed by atoms with Crippen molar-refractivity contribution in [1.82, 2.24) is 5.32 Å². The van der Waals surface area contributed by atoms with E-state index in [0.29, 0.717) is 12.1 Å². The summed E-state index contributed by atoms with van der Waals surface area (Å²) in [6, 6.07) is 7.38. The van der Waals surface area contributed by atoms with Crippen LogP contribution in [-0.4, -0.2) is 36.9 Å². The van der Waals surface area contributed by atoms with Crippen LogP contribution in [0.1, 0.15) is 18.9 Å². The molecule has 0 amide bonds. The highest BCUT2D eigenvalue weighted by Crippen LogP contribution is 2.26. The van der Waals surface area contributed by atoms with Crippen molar-refractivity contribution in [2.75, 3.05) is 24.6 Å². The fourth-order valence-electron chi connectivity index (χ4n) is 2.40. The van der Waals surface area contributed by atoms with Crippen molar-refractivity contribution in [3.05, 3.63) is 28.2 Å². The molecule has 18 heavy (non-hydrogen) atoms. The largest absolute Gasteiger partial charge is 0.396 e. The molecular formula is C14H21BrN2O.